The predicted octanol–water partition coefficient (Wildman–Crippen LogP) is 2.87. The van der Waals surface area contributed by atoms with Crippen LogP contribution in [0.1, 0.15) is 30.5 Å². The fourth-order valence-corrected chi connectivity index (χ4v) is 2.24. The molecule has 0 saturated heterocycles. The van der Waals surface area contributed by atoms with Gasteiger partial charge in [0.1, 0.15) is 0 Å². The van der Waals surface area contributed by atoms with E-state index in [0.29, 0.717) is 0 Å². The maximum Gasteiger partial charge on any atom is 0.197 e. The molecule has 1 N–H and O–H groups in total. The van der Waals surface area contributed by atoms with Crippen LogP contribution in [0.25, 0.3) is 0 Å². The Morgan fingerprint density at radius 1 is 1.10 bits per heavy atom. The maximum absolute atomic E-state index is 12.3. The number of benzene rings is 1. The molecule has 1 aromatic rings. The van der Waals surface area contributed by atoms with Crippen molar-refractivity contribution in [1.29, 1.82) is 0 Å². The number of Topliss-reactive ketones (excluding diaryl/α,β-unsaturated/α-hetero) is 2. The fraction of sp³-hybridized carbons (Fsp3) is 0.333. The van der Waals surface area contributed by atoms with Gasteiger partial charge in [0.05, 0.1) is 0 Å². The van der Waals surface area contributed by atoms with Crippen LogP contribution in [0.5, 0.6) is 0 Å². The van der Waals surface area contributed by atoms with Gasteiger partial charge in [-0.2, -0.15) is 0 Å². The van der Waals surface area contributed by atoms with Crippen LogP contribution in [0.2, 0.25) is 0 Å². The lowest BCUT2D eigenvalue weighted by Crippen LogP contribution is -2.49. The summed E-state index contributed by atoms with van der Waals surface area (Å²) in [5, 5.41) is 10.7. The highest BCUT2D eigenvalue weighted by atomic mass is 16.3. The number of hydrogen-bond acceptors (Lipinski definition) is 3. The van der Waals surface area contributed by atoms with Gasteiger partial charge in [-0.3, -0.25) is 9.59 Å². The van der Waals surface area contributed by atoms with Crippen LogP contribution < -0.4 is 0 Å². The minimum Gasteiger partial charge on any atom is -0.374 e. The lowest BCUT2D eigenvalue weighted by molar-refractivity contribution is -0.145. The molecule has 0 bridgehead atoms. The minimum atomic E-state index is -2.13. The summed E-state index contributed by atoms with van der Waals surface area (Å²) in [5.74, 6) is -1.31. The number of ketones is 2. The van der Waals surface area contributed by atoms with E-state index >= 15 is 0 Å². The Hall–Kier alpha value is -2.00. The molecule has 0 saturated carbocycles. The average molecular weight is 286 g/mol. The zero-order valence-electron chi connectivity index (χ0n) is 13.1. The Balaban J connectivity index is 3.35. The molecule has 0 heterocycles. The first kappa shape index (κ1) is 17.1. The van der Waals surface area contributed by atoms with Crippen LogP contribution in [0.4, 0.5) is 0 Å². The van der Waals surface area contributed by atoms with E-state index in [9.17, 15) is 14.7 Å². The van der Waals surface area contributed by atoms with Crippen molar-refractivity contribution in [1.82, 2.24) is 0 Å². The number of rotatable bonds is 6. The number of carbonyl (C=O) groups excluding carboxylic acids is 2. The molecule has 1 aromatic carbocycles. The maximum atomic E-state index is 12.3. The van der Waals surface area contributed by atoms with E-state index in [-0.39, 0.29) is 17.6 Å². The molecule has 0 fully saturated rings. The highest BCUT2D eigenvalue weighted by molar-refractivity contribution is 6.21. The molecule has 0 unspecified atom stereocenters. The van der Waals surface area contributed by atoms with Crippen LogP contribution in [-0.2, 0) is 16.0 Å². The molecule has 0 amide bonds. The Morgan fingerprint density at radius 3 is 2.00 bits per heavy atom. The Kier molecular flexibility index (Phi) is 5.02. The summed E-state index contributed by atoms with van der Waals surface area (Å²) >= 11 is 0. The molecule has 0 atom stereocenters. The molecular weight excluding hydrogens is 264 g/mol. The lowest BCUT2D eigenvalue weighted by atomic mass is 9.80. The van der Waals surface area contributed by atoms with Crippen molar-refractivity contribution in [2.24, 2.45) is 0 Å². The second-order valence-electron chi connectivity index (χ2n) is 5.69. The third-order valence-corrected chi connectivity index (χ3v) is 3.48. The highest BCUT2D eigenvalue weighted by Crippen LogP contribution is 2.24. The van der Waals surface area contributed by atoms with Gasteiger partial charge in [-0.25, -0.2) is 0 Å². The molecule has 0 aromatic heterocycles. The summed E-state index contributed by atoms with van der Waals surface area (Å²) in [4.78, 5) is 24.6. The summed E-state index contributed by atoms with van der Waals surface area (Å²) in [6.07, 6.45) is -0.0715. The van der Waals surface area contributed by atoms with Gasteiger partial charge in [0.2, 0.25) is 0 Å². The predicted molar refractivity (Wildman–Crippen MR) is 84.2 cm³/mol. The van der Waals surface area contributed by atoms with Gasteiger partial charge in [0, 0.05) is 6.42 Å². The molecule has 112 valence electrons. The van der Waals surface area contributed by atoms with Crippen molar-refractivity contribution < 1.29 is 14.7 Å². The van der Waals surface area contributed by atoms with E-state index < -0.39 is 17.2 Å². The zero-order chi connectivity index (χ0) is 16.4. The van der Waals surface area contributed by atoms with Crippen molar-refractivity contribution in [3.8, 4) is 0 Å². The average Bonchev–Trinajstić information content (AvgIpc) is 2.40. The molecular formula is C18H22O3. The van der Waals surface area contributed by atoms with Crippen LogP contribution in [0.3, 0.4) is 0 Å². The second kappa shape index (κ2) is 6.19. The second-order valence-corrected chi connectivity index (χ2v) is 5.69. The quantitative estimate of drug-likeness (QED) is 0.646. The summed E-state index contributed by atoms with van der Waals surface area (Å²) in [7, 11) is 0. The normalized spacial score (nSPS) is 11.1. The van der Waals surface area contributed by atoms with Gasteiger partial charge in [-0.05, 0) is 50.0 Å². The Bertz CT molecular complexity index is 597. The van der Waals surface area contributed by atoms with E-state index in [2.05, 4.69) is 13.2 Å². The van der Waals surface area contributed by atoms with Crippen molar-refractivity contribution in [3.63, 3.8) is 0 Å². The Morgan fingerprint density at radius 2 is 1.57 bits per heavy atom. The molecule has 0 aliphatic heterocycles. The van der Waals surface area contributed by atoms with E-state index in [1.54, 1.807) is 0 Å². The first-order valence-electron chi connectivity index (χ1n) is 6.78. The summed E-state index contributed by atoms with van der Waals surface area (Å²) in [6.45, 7) is 13.9. The summed E-state index contributed by atoms with van der Waals surface area (Å²) < 4.78 is 0. The van der Waals surface area contributed by atoms with Gasteiger partial charge in [-0.1, -0.05) is 36.9 Å². The third kappa shape index (κ3) is 3.56. The van der Waals surface area contributed by atoms with Crippen molar-refractivity contribution in [3.05, 3.63) is 59.2 Å². The zero-order valence-corrected chi connectivity index (χ0v) is 13.1. The van der Waals surface area contributed by atoms with Crippen LogP contribution in [0.15, 0.2) is 42.5 Å². The lowest BCUT2D eigenvalue weighted by Gasteiger charge is -2.26. The number of carbonyl (C=O) groups is 2. The third-order valence-electron chi connectivity index (χ3n) is 3.48. The molecule has 3 heteroatoms. The molecule has 0 aliphatic rings. The molecule has 3 nitrogen and oxygen atoms in total. The van der Waals surface area contributed by atoms with Crippen LogP contribution in [-0.4, -0.2) is 22.3 Å². The standard InChI is InChI=1S/C18H22O3/c1-11(2)16(19)18(21,17(20)12(3)4)10-15-9-13(5)7-8-14(15)6/h7-9,21H,1,3,10H2,2,4-6H3. The van der Waals surface area contributed by atoms with Crippen molar-refractivity contribution in [2.75, 3.05) is 0 Å². The molecule has 21 heavy (non-hydrogen) atoms. The SMILES string of the molecule is C=C(C)C(=O)C(O)(Cc1cc(C)ccc1C)C(=O)C(=C)C. The fourth-order valence-electron chi connectivity index (χ4n) is 2.24. The monoisotopic (exact) mass is 286 g/mol. The van der Waals surface area contributed by atoms with Crippen molar-refractivity contribution in [2.45, 2.75) is 39.7 Å². The van der Waals surface area contributed by atoms with Gasteiger partial charge in [0.15, 0.2) is 17.2 Å². The number of hydrogen-bond donors (Lipinski definition) is 1. The minimum absolute atomic E-state index is 0.0715. The number of aryl methyl sites for hydroxylation is 2. The Labute approximate surface area is 126 Å². The summed E-state index contributed by atoms with van der Waals surface area (Å²) in [5.41, 5.74) is 0.860. The van der Waals surface area contributed by atoms with Gasteiger partial charge in [0.25, 0.3) is 0 Å². The van der Waals surface area contributed by atoms with Crippen molar-refractivity contribution >= 4 is 11.6 Å². The first-order valence-corrected chi connectivity index (χ1v) is 6.78. The van der Waals surface area contributed by atoms with Gasteiger partial charge in [-0.15, -0.1) is 0 Å². The van der Waals surface area contributed by atoms with Gasteiger partial charge < -0.3 is 5.11 Å². The molecule has 0 spiro atoms. The topological polar surface area (TPSA) is 54.4 Å². The molecule has 0 aliphatic carbocycles. The summed E-state index contributed by atoms with van der Waals surface area (Å²) in [6, 6.07) is 5.72. The highest BCUT2D eigenvalue weighted by Gasteiger charge is 2.43. The van der Waals surface area contributed by atoms with E-state index in [1.807, 2.05) is 32.0 Å². The largest absolute Gasteiger partial charge is 0.374 e. The first-order chi connectivity index (χ1) is 9.59. The van der Waals surface area contributed by atoms with E-state index in [4.69, 9.17) is 0 Å². The van der Waals surface area contributed by atoms with Gasteiger partial charge >= 0.3 is 0 Å². The smallest absolute Gasteiger partial charge is 0.197 e. The van der Waals surface area contributed by atoms with E-state index in [1.165, 1.54) is 13.8 Å². The van der Waals surface area contributed by atoms with Crippen LogP contribution >= 0.6 is 0 Å². The van der Waals surface area contributed by atoms with Crippen LogP contribution in [0, 0.1) is 13.8 Å². The van der Waals surface area contributed by atoms with E-state index in [0.717, 1.165) is 16.7 Å². The molecule has 0 radical (unpaired) electrons. The molecule has 1 rings (SSSR count). The number of aliphatic hydroxyl groups is 1.